The summed E-state index contributed by atoms with van der Waals surface area (Å²) in [6, 6.07) is 15.6. The van der Waals surface area contributed by atoms with Gasteiger partial charge in [0.2, 0.25) is 0 Å². The largest absolute Gasteiger partial charge is 0.508 e. The number of hydrogen-bond acceptors (Lipinski definition) is 5. The Morgan fingerprint density at radius 2 is 1.80 bits per heavy atom. The molecule has 1 saturated heterocycles. The van der Waals surface area contributed by atoms with Crippen molar-refractivity contribution in [3.8, 4) is 17.0 Å². The number of carbonyl (C=O) groups excluding carboxylic acids is 2. The Morgan fingerprint density at radius 3 is 2.53 bits per heavy atom. The molecular formula is C24H24N2O4. The number of carbonyl (C=O) groups is 2. The summed E-state index contributed by atoms with van der Waals surface area (Å²) in [5, 5.41) is 10.2. The van der Waals surface area contributed by atoms with Gasteiger partial charge in [-0.3, -0.25) is 4.79 Å². The van der Waals surface area contributed by atoms with E-state index >= 15 is 0 Å². The van der Waals surface area contributed by atoms with Crippen LogP contribution in [0.25, 0.3) is 22.2 Å². The molecule has 2 heterocycles. The molecule has 1 fully saturated rings. The molecule has 1 amide bonds. The highest BCUT2D eigenvalue weighted by Gasteiger charge is 2.22. The van der Waals surface area contributed by atoms with Crippen molar-refractivity contribution < 1.29 is 19.4 Å². The molecule has 1 aliphatic heterocycles. The highest BCUT2D eigenvalue weighted by atomic mass is 16.5. The van der Waals surface area contributed by atoms with Crippen LogP contribution >= 0.6 is 0 Å². The van der Waals surface area contributed by atoms with Crippen molar-refractivity contribution in [1.29, 1.82) is 0 Å². The summed E-state index contributed by atoms with van der Waals surface area (Å²) in [5.74, 6) is 0.0719. The predicted molar refractivity (Wildman–Crippen MR) is 114 cm³/mol. The van der Waals surface area contributed by atoms with Gasteiger partial charge < -0.3 is 14.7 Å². The van der Waals surface area contributed by atoms with Gasteiger partial charge in [0.15, 0.2) is 6.61 Å². The second kappa shape index (κ2) is 8.53. The van der Waals surface area contributed by atoms with Crippen molar-refractivity contribution in [3.05, 3.63) is 60.2 Å². The quantitative estimate of drug-likeness (QED) is 0.665. The molecule has 30 heavy (non-hydrogen) atoms. The maximum atomic E-state index is 12.9. The van der Waals surface area contributed by atoms with E-state index in [-0.39, 0.29) is 18.3 Å². The number of esters is 1. The maximum absolute atomic E-state index is 12.9. The summed E-state index contributed by atoms with van der Waals surface area (Å²) < 4.78 is 5.39. The van der Waals surface area contributed by atoms with Crippen LogP contribution in [0.15, 0.2) is 54.6 Å². The zero-order valence-electron chi connectivity index (χ0n) is 16.9. The molecule has 6 heteroatoms. The number of rotatable bonds is 4. The zero-order valence-corrected chi connectivity index (χ0v) is 16.9. The fraction of sp³-hybridized carbons (Fsp3) is 0.292. The lowest BCUT2D eigenvalue weighted by molar-refractivity contribution is -0.135. The van der Waals surface area contributed by atoms with Gasteiger partial charge >= 0.3 is 5.97 Å². The second-order valence-electron chi connectivity index (χ2n) is 7.76. The van der Waals surface area contributed by atoms with Gasteiger partial charge in [-0.05, 0) is 55.2 Å². The Kier molecular flexibility index (Phi) is 5.65. The van der Waals surface area contributed by atoms with Crippen molar-refractivity contribution >= 4 is 22.8 Å². The molecule has 1 aliphatic rings. The van der Waals surface area contributed by atoms with Crippen LogP contribution < -0.4 is 0 Å². The predicted octanol–water partition coefficient (Wildman–Crippen LogP) is 4.02. The number of pyridine rings is 1. The molecule has 154 valence electrons. The summed E-state index contributed by atoms with van der Waals surface area (Å²) in [7, 11) is 0. The van der Waals surface area contributed by atoms with Gasteiger partial charge in [0.25, 0.3) is 5.91 Å². The highest BCUT2D eigenvalue weighted by Crippen LogP contribution is 2.26. The maximum Gasteiger partial charge on any atom is 0.339 e. The van der Waals surface area contributed by atoms with Crippen molar-refractivity contribution in [2.75, 3.05) is 19.7 Å². The van der Waals surface area contributed by atoms with Gasteiger partial charge in [-0.1, -0.05) is 25.1 Å². The summed E-state index contributed by atoms with van der Waals surface area (Å²) in [6.07, 6.45) is 1.95. The van der Waals surface area contributed by atoms with Crippen LogP contribution in [0.1, 0.15) is 30.1 Å². The fourth-order valence-corrected chi connectivity index (χ4v) is 3.68. The number of amides is 1. The standard InChI is InChI=1S/C24H24N2O4/c1-16-10-12-26(13-11-16)23(28)15-30-24(29)20-14-22(17-6-8-18(27)9-7-17)25-21-5-3-2-4-19(20)21/h2-9,14,16,27H,10-13,15H2,1H3. The number of benzene rings is 2. The average Bonchev–Trinajstić information content (AvgIpc) is 2.77. The number of hydrogen-bond donors (Lipinski definition) is 1. The molecule has 0 radical (unpaired) electrons. The number of aromatic nitrogens is 1. The molecule has 1 aromatic heterocycles. The van der Waals surface area contributed by atoms with Crippen LogP contribution in [0.4, 0.5) is 0 Å². The fourth-order valence-electron chi connectivity index (χ4n) is 3.68. The van der Waals surface area contributed by atoms with E-state index < -0.39 is 5.97 Å². The first-order valence-electron chi connectivity index (χ1n) is 10.2. The van der Waals surface area contributed by atoms with E-state index in [9.17, 15) is 14.7 Å². The van der Waals surface area contributed by atoms with E-state index in [2.05, 4.69) is 11.9 Å². The van der Waals surface area contributed by atoms with Crippen LogP contribution in [0.5, 0.6) is 5.75 Å². The van der Waals surface area contributed by atoms with Crippen molar-refractivity contribution in [2.24, 2.45) is 5.92 Å². The molecular weight excluding hydrogens is 380 g/mol. The monoisotopic (exact) mass is 404 g/mol. The Hall–Kier alpha value is -3.41. The number of fused-ring (bicyclic) bond motifs is 1. The van der Waals surface area contributed by atoms with Crippen LogP contribution in [0.2, 0.25) is 0 Å². The number of aromatic hydroxyl groups is 1. The number of phenols is 1. The molecule has 0 spiro atoms. The molecule has 0 aliphatic carbocycles. The average molecular weight is 404 g/mol. The minimum absolute atomic E-state index is 0.157. The van der Waals surface area contributed by atoms with Gasteiger partial charge in [0, 0.05) is 24.0 Å². The van der Waals surface area contributed by atoms with Gasteiger partial charge in [0.1, 0.15) is 5.75 Å². The Morgan fingerprint density at radius 1 is 1.10 bits per heavy atom. The van der Waals surface area contributed by atoms with Gasteiger partial charge in [-0.2, -0.15) is 0 Å². The summed E-state index contributed by atoms with van der Waals surface area (Å²) in [5.41, 5.74) is 2.39. The van der Waals surface area contributed by atoms with Crippen molar-refractivity contribution in [2.45, 2.75) is 19.8 Å². The lowest BCUT2D eigenvalue weighted by Crippen LogP contribution is -2.40. The SMILES string of the molecule is CC1CCN(C(=O)COC(=O)c2cc(-c3ccc(O)cc3)nc3ccccc23)CC1. The molecule has 0 unspecified atom stereocenters. The van der Waals surface area contributed by atoms with Gasteiger partial charge in [-0.25, -0.2) is 9.78 Å². The van der Waals surface area contributed by atoms with Crippen LogP contribution in [0, 0.1) is 5.92 Å². The molecule has 1 N–H and O–H groups in total. The van der Waals surface area contributed by atoms with Crippen LogP contribution in [-0.2, 0) is 9.53 Å². The van der Waals surface area contributed by atoms with Gasteiger partial charge in [0.05, 0.1) is 16.8 Å². The number of nitrogens with zero attached hydrogens (tertiary/aromatic N) is 2. The Balaban J connectivity index is 1.57. The Bertz CT molecular complexity index is 1070. The van der Waals surface area contributed by atoms with Crippen molar-refractivity contribution in [1.82, 2.24) is 9.88 Å². The van der Waals surface area contributed by atoms with E-state index in [4.69, 9.17) is 4.74 Å². The number of para-hydroxylation sites is 1. The molecule has 0 atom stereocenters. The molecule has 4 rings (SSSR count). The topological polar surface area (TPSA) is 79.7 Å². The van der Waals surface area contributed by atoms with Gasteiger partial charge in [-0.15, -0.1) is 0 Å². The third kappa shape index (κ3) is 4.27. The molecule has 6 nitrogen and oxygen atoms in total. The smallest absolute Gasteiger partial charge is 0.339 e. The third-order valence-corrected chi connectivity index (χ3v) is 5.56. The Labute approximate surface area is 175 Å². The van der Waals surface area contributed by atoms with E-state index in [0.717, 1.165) is 18.4 Å². The molecule has 0 saturated carbocycles. The van der Waals surface area contributed by atoms with E-state index in [0.29, 0.717) is 41.2 Å². The number of phenolic OH excluding ortho intramolecular Hbond substituents is 1. The minimum atomic E-state index is -0.549. The third-order valence-electron chi connectivity index (χ3n) is 5.56. The highest BCUT2D eigenvalue weighted by molar-refractivity contribution is 6.05. The number of ether oxygens (including phenoxy) is 1. The van der Waals surface area contributed by atoms with E-state index in [1.54, 1.807) is 35.2 Å². The first-order valence-corrected chi connectivity index (χ1v) is 10.2. The van der Waals surface area contributed by atoms with Crippen LogP contribution in [0.3, 0.4) is 0 Å². The zero-order chi connectivity index (χ0) is 21.1. The van der Waals surface area contributed by atoms with Crippen molar-refractivity contribution in [3.63, 3.8) is 0 Å². The van der Waals surface area contributed by atoms with E-state index in [1.165, 1.54) is 0 Å². The molecule has 2 aromatic carbocycles. The van der Waals surface area contributed by atoms with E-state index in [1.807, 2.05) is 24.3 Å². The first-order chi connectivity index (χ1) is 14.5. The molecule has 3 aromatic rings. The minimum Gasteiger partial charge on any atom is -0.508 e. The lowest BCUT2D eigenvalue weighted by atomic mass is 9.99. The second-order valence-corrected chi connectivity index (χ2v) is 7.76. The summed E-state index contributed by atoms with van der Waals surface area (Å²) >= 11 is 0. The molecule has 0 bridgehead atoms. The number of likely N-dealkylation sites (tertiary alicyclic amines) is 1. The lowest BCUT2D eigenvalue weighted by Gasteiger charge is -2.30. The summed E-state index contributed by atoms with van der Waals surface area (Å²) in [6.45, 7) is 3.34. The van der Waals surface area contributed by atoms with Crippen LogP contribution in [-0.4, -0.2) is 46.6 Å². The number of piperidine rings is 1. The normalized spacial score (nSPS) is 14.6. The summed E-state index contributed by atoms with van der Waals surface area (Å²) in [4.78, 5) is 31.7. The first kappa shape index (κ1) is 19.9.